The summed E-state index contributed by atoms with van der Waals surface area (Å²) < 4.78 is 32.9. The Balaban J connectivity index is 1.94. The topological polar surface area (TPSA) is 9.23 Å². The zero-order valence-electron chi connectivity index (χ0n) is 12.9. The van der Waals surface area contributed by atoms with Gasteiger partial charge in [0.25, 0.3) is 0 Å². The summed E-state index contributed by atoms with van der Waals surface area (Å²) in [6.45, 7) is 1.55. The van der Waals surface area contributed by atoms with Crippen LogP contribution in [0.25, 0.3) is 22.3 Å². The largest absolute Gasteiger partial charge is 0.497 e. The fraction of sp³-hybridized carbons (Fsp3) is 0.100. The summed E-state index contributed by atoms with van der Waals surface area (Å²) in [4.78, 5) is 0. The maximum atomic E-state index is 14.1. The Morgan fingerprint density at radius 1 is 0.652 bits per heavy atom. The summed E-state index contributed by atoms with van der Waals surface area (Å²) in [6.07, 6.45) is 0. The smallest absolute Gasteiger partial charge is 0.166 e. The standard InChI is InChI=1S/C20H16F2O/c1-13-3-12-18(20(22)19(13)21)16-6-4-14(5-7-16)15-8-10-17(23-2)11-9-15/h3-12H,1-2H3. The highest BCUT2D eigenvalue weighted by Crippen LogP contribution is 2.29. The second-order valence-corrected chi connectivity index (χ2v) is 5.36. The molecule has 0 aliphatic carbocycles. The number of benzene rings is 3. The number of halogens is 2. The van der Waals surface area contributed by atoms with Gasteiger partial charge in [-0.05, 0) is 41.3 Å². The molecule has 0 saturated heterocycles. The van der Waals surface area contributed by atoms with Crippen LogP contribution < -0.4 is 4.74 Å². The molecular weight excluding hydrogens is 294 g/mol. The molecule has 0 bridgehead atoms. The second-order valence-electron chi connectivity index (χ2n) is 5.36. The molecule has 0 saturated carbocycles. The molecule has 116 valence electrons. The number of methoxy groups -OCH3 is 1. The monoisotopic (exact) mass is 310 g/mol. The van der Waals surface area contributed by atoms with Crippen LogP contribution in [0.15, 0.2) is 60.7 Å². The van der Waals surface area contributed by atoms with Crippen LogP contribution in [-0.2, 0) is 0 Å². The third kappa shape index (κ3) is 2.95. The number of hydrogen-bond acceptors (Lipinski definition) is 1. The maximum Gasteiger partial charge on any atom is 0.166 e. The summed E-state index contributed by atoms with van der Waals surface area (Å²) in [5, 5.41) is 0. The third-order valence-corrected chi connectivity index (χ3v) is 3.89. The SMILES string of the molecule is COc1ccc(-c2ccc(-c3ccc(C)c(F)c3F)cc2)cc1. The Bertz CT molecular complexity index is 822. The average molecular weight is 310 g/mol. The van der Waals surface area contributed by atoms with Crippen molar-refractivity contribution in [3.8, 4) is 28.0 Å². The zero-order chi connectivity index (χ0) is 16.4. The van der Waals surface area contributed by atoms with Crippen molar-refractivity contribution in [3.63, 3.8) is 0 Å². The normalized spacial score (nSPS) is 10.6. The molecule has 3 aromatic carbocycles. The van der Waals surface area contributed by atoms with E-state index in [4.69, 9.17) is 4.74 Å². The zero-order valence-corrected chi connectivity index (χ0v) is 12.9. The van der Waals surface area contributed by atoms with Crippen molar-refractivity contribution in [2.45, 2.75) is 6.92 Å². The van der Waals surface area contributed by atoms with Crippen LogP contribution in [0.3, 0.4) is 0 Å². The van der Waals surface area contributed by atoms with Gasteiger partial charge in [0.2, 0.25) is 0 Å². The van der Waals surface area contributed by atoms with Crippen LogP contribution in [0.1, 0.15) is 5.56 Å². The number of rotatable bonds is 3. The highest BCUT2D eigenvalue weighted by Gasteiger charge is 2.12. The molecule has 0 aliphatic heterocycles. The first-order chi connectivity index (χ1) is 11.1. The Kier molecular flexibility index (Phi) is 4.11. The van der Waals surface area contributed by atoms with E-state index in [0.29, 0.717) is 11.1 Å². The predicted molar refractivity (Wildman–Crippen MR) is 88.5 cm³/mol. The van der Waals surface area contributed by atoms with Crippen molar-refractivity contribution in [2.24, 2.45) is 0 Å². The molecule has 0 spiro atoms. The molecule has 0 unspecified atom stereocenters. The van der Waals surface area contributed by atoms with Crippen LogP contribution >= 0.6 is 0 Å². The van der Waals surface area contributed by atoms with Gasteiger partial charge in [0.1, 0.15) is 5.75 Å². The molecule has 0 heterocycles. The number of ether oxygens (including phenoxy) is 1. The van der Waals surface area contributed by atoms with Gasteiger partial charge in [0, 0.05) is 5.56 Å². The Morgan fingerprint density at radius 2 is 1.17 bits per heavy atom. The summed E-state index contributed by atoms with van der Waals surface area (Å²) in [5.74, 6) is -0.800. The van der Waals surface area contributed by atoms with Gasteiger partial charge in [-0.3, -0.25) is 0 Å². The van der Waals surface area contributed by atoms with Crippen molar-refractivity contribution in [1.82, 2.24) is 0 Å². The molecule has 0 amide bonds. The highest BCUT2D eigenvalue weighted by molar-refractivity contribution is 5.71. The highest BCUT2D eigenvalue weighted by atomic mass is 19.2. The first kappa shape index (κ1) is 15.2. The molecule has 0 N–H and O–H groups in total. The van der Waals surface area contributed by atoms with E-state index in [1.165, 1.54) is 0 Å². The van der Waals surface area contributed by atoms with Gasteiger partial charge in [-0.25, -0.2) is 8.78 Å². The summed E-state index contributed by atoms with van der Waals surface area (Å²) in [6, 6.07) is 18.3. The van der Waals surface area contributed by atoms with E-state index < -0.39 is 11.6 Å². The molecule has 0 radical (unpaired) electrons. The van der Waals surface area contributed by atoms with Crippen LogP contribution in [0.4, 0.5) is 8.78 Å². The van der Waals surface area contributed by atoms with Crippen molar-refractivity contribution in [1.29, 1.82) is 0 Å². The van der Waals surface area contributed by atoms with Crippen LogP contribution in [0.2, 0.25) is 0 Å². The lowest BCUT2D eigenvalue weighted by Crippen LogP contribution is -1.93. The van der Waals surface area contributed by atoms with Crippen LogP contribution in [-0.4, -0.2) is 7.11 Å². The Hall–Kier alpha value is -2.68. The molecule has 3 heteroatoms. The van der Waals surface area contributed by atoms with Gasteiger partial charge >= 0.3 is 0 Å². The van der Waals surface area contributed by atoms with Gasteiger partial charge in [0.05, 0.1) is 7.11 Å². The minimum absolute atomic E-state index is 0.273. The molecule has 3 aromatic rings. The second kappa shape index (κ2) is 6.21. The fourth-order valence-corrected chi connectivity index (χ4v) is 2.49. The molecule has 0 atom stereocenters. The van der Waals surface area contributed by atoms with E-state index in [2.05, 4.69) is 0 Å². The fourth-order valence-electron chi connectivity index (χ4n) is 2.49. The van der Waals surface area contributed by atoms with Crippen LogP contribution in [0, 0.1) is 18.6 Å². The molecular formula is C20H16F2O. The maximum absolute atomic E-state index is 14.1. The lowest BCUT2D eigenvalue weighted by atomic mass is 9.99. The molecule has 3 rings (SSSR count). The van der Waals surface area contributed by atoms with E-state index in [9.17, 15) is 8.78 Å². The van der Waals surface area contributed by atoms with Gasteiger partial charge in [-0.2, -0.15) is 0 Å². The van der Waals surface area contributed by atoms with Crippen LogP contribution in [0.5, 0.6) is 5.75 Å². The van der Waals surface area contributed by atoms with Crippen molar-refractivity contribution < 1.29 is 13.5 Å². The Labute approximate surface area is 134 Å². The summed E-state index contributed by atoms with van der Waals surface area (Å²) in [7, 11) is 1.62. The molecule has 0 fully saturated rings. The van der Waals surface area contributed by atoms with Crippen molar-refractivity contribution in [2.75, 3.05) is 7.11 Å². The van der Waals surface area contributed by atoms with Gasteiger partial charge in [-0.1, -0.05) is 48.5 Å². The number of hydrogen-bond donors (Lipinski definition) is 0. The first-order valence-electron chi connectivity index (χ1n) is 7.29. The minimum atomic E-state index is -0.804. The van der Waals surface area contributed by atoms with E-state index in [1.807, 2.05) is 36.4 Å². The van der Waals surface area contributed by atoms with Crippen molar-refractivity contribution >= 4 is 0 Å². The van der Waals surface area contributed by atoms with E-state index in [-0.39, 0.29) is 5.56 Å². The molecule has 1 nitrogen and oxygen atoms in total. The molecule has 0 aromatic heterocycles. The van der Waals surface area contributed by atoms with Gasteiger partial charge in [0.15, 0.2) is 11.6 Å². The van der Waals surface area contributed by atoms with E-state index in [0.717, 1.165) is 16.9 Å². The van der Waals surface area contributed by atoms with E-state index >= 15 is 0 Å². The lowest BCUT2D eigenvalue weighted by Gasteiger charge is -2.08. The average Bonchev–Trinajstić information content (AvgIpc) is 2.60. The first-order valence-corrected chi connectivity index (χ1v) is 7.29. The minimum Gasteiger partial charge on any atom is -0.497 e. The quantitative estimate of drug-likeness (QED) is 0.610. The van der Waals surface area contributed by atoms with Gasteiger partial charge < -0.3 is 4.74 Å². The third-order valence-electron chi connectivity index (χ3n) is 3.89. The van der Waals surface area contributed by atoms with Crippen molar-refractivity contribution in [3.05, 3.63) is 77.9 Å². The van der Waals surface area contributed by atoms with Gasteiger partial charge in [-0.15, -0.1) is 0 Å². The number of aryl methyl sites for hydroxylation is 1. The van der Waals surface area contributed by atoms with E-state index in [1.54, 1.807) is 38.3 Å². The molecule has 23 heavy (non-hydrogen) atoms. The Morgan fingerprint density at radius 3 is 1.74 bits per heavy atom. The summed E-state index contributed by atoms with van der Waals surface area (Å²) >= 11 is 0. The predicted octanol–water partition coefficient (Wildman–Crippen LogP) is 5.62. The molecule has 0 aliphatic rings. The lowest BCUT2D eigenvalue weighted by molar-refractivity contribution is 0.415. The summed E-state index contributed by atoms with van der Waals surface area (Å²) in [5.41, 5.74) is 3.27.